The summed E-state index contributed by atoms with van der Waals surface area (Å²) in [6, 6.07) is 0. The van der Waals surface area contributed by atoms with Crippen LogP contribution in [0.5, 0.6) is 0 Å². The molecule has 20 heavy (non-hydrogen) atoms. The molecule has 112 valence electrons. The van der Waals surface area contributed by atoms with Gasteiger partial charge >= 0.3 is 0 Å². The molecule has 1 fully saturated rings. The maximum atomic E-state index is 13.0. The Hall–Kier alpha value is -0.680. The van der Waals surface area contributed by atoms with Gasteiger partial charge in [-0.2, -0.15) is 5.10 Å². The van der Waals surface area contributed by atoms with Crippen LogP contribution < -0.4 is 5.32 Å². The standard InChI is InChI=1S/C15H24BrN3O/c1-4-8-19-13(12(16)10-18-19)14(20)15(2,3)11-6-5-7-17-9-11/h10-11,17H,4-9H2,1-3H3. The number of halogens is 1. The average molecular weight is 342 g/mol. The third-order valence-electron chi connectivity index (χ3n) is 4.35. The van der Waals surface area contributed by atoms with Gasteiger partial charge in [-0.15, -0.1) is 0 Å². The molecular formula is C15H24BrN3O. The second-order valence-electron chi connectivity index (χ2n) is 6.16. The Bertz CT molecular complexity index is 475. The Kier molecular flexibility index (Phi) is 5.02. The predicted octanol–water partition coefficient (Wildman–Crippen LogP) is 3.26. The van der Waals surface area contributed by atoms with Crippen molar-refractivity contribution in [2.24, 2.45) is 11.3 Å². The zero-order chi connectivity index (χ0) is 14.8. The van der Waals surface area contributed by atoms with E-state index in [0.29, 0.717) is 5.92 Å². The second-order valence-corrected chi connectivity index (χ2v) is 7.01. The number of carbonyl (C=O) groups is 1. The Labute approximate surface area is 129 Å². The fourth-order valence-corrected chi connectivity index (χ4v) is 3.40. The third-order valence-corrected chi connectivity index (χ3v) is 4.93. The van der Waals surface area contributed by atoms with E-state index < -0.39 is 0 Å². The van der Waals surface area contributed by atoms with Crippen molar-refractivity contribution < 1.29 is 4.79 Å². The molecule has 1 N–H and O–H groups in total. The highest BCUT2D eigenvalue weighted by molar-refractivity contribution is 9.10. The molecule has 1 saturated heterocycles. The topological polar surface area (TPSA) is 46.9 Å². The highest BCUT2D eigenvalue weighted by Crippen LogP contribution is 2.36. The maximum absolute atomic E-state index is 13.0. The number of carbonyl (C=O) groups excluding carboxylic acids is 1. The van der Waals surface area contributed by atoms with Gasteiger partial charge in [-0.1, -0.05) is 20.8 Å². The molecule has 0 saturated carbocycles. The zero-order valence-corrected chi connectivity index (χ0v) is 14.2. The summed E-state index contributed by atoms with van der Waals surface area (Å²) < 4.78 is 2.65. The quantitative estimate of drug-likeness (QED) is 0.836. The first kappa shape index (κ1) is 15.7. The van der Waals surface area contributed by atoms with E-state index in [1.165, 1.54) is 0 Å². The highest BCUT2D eigenvalue weighted by atomic mass is 79.9. The van der Waals surface area contributed by atoms with Crippen LogP contribution in [-0.2, 0) is 6.54 Å². The average Bonchev–Trinajstić information content (AvgIpc) is 2.80. The van der Waals surface area contributed by atoms with Gasteiger partial charge < -0.3 is 5.32 Å². The molecule has 2 heterocycles. The van der Waals surface area contributed by atoms with Crippen LogP contribution in [-0.4, -0.2) is 28.7 Å². The lowest BCUT2D eigenvalue weighted by molar-refractivity contribution is 0.0695. The summed E-state index contributed by atoms with van der Waals surface area (Å²) in [6.45, 7) is 9.02. The minimum atomic E-state index is -0.360. The monoisotopic (exact) mass is 341 g/mol. The van der Waals surface area contributed by atoms with Crippen LogP contribution in [0.2, 0.25) is 0 Å². The van der Waals surface area contributed by atoms with E-state index in [1.54, 1.807) is 6.20 Å². The van der Waals surface area contributed by atoms with Crippen LogP contribution in [0.1, 0.15) is 50.5 Å². The number of hydrogen-bond donors (Lipinski definition) is 1. The van der Waals surface area contributed by atoms with Crippen molar-refractivity contribution in [3.63, 3.8) is 0 Å². The van der Waals surface area contributed by atoms with Crippen molar-refractivity contribution in [2.45, 2.75) is 46.6 Å². The van der Waals surface area contributed by atoms with Crippen molar-refractivity contribution in [3.8, 4) is 0 Å². The van der Waals surface area contributed by atoms with Crippen molar-refractivity contribution in [3.05, 3.63) is 16.4 Å². The molecule has 0 aromatic carbocycles. The first-order valence-corrected chi connectivity index (χ1v) is 8.24. The van der Waals surface area contributed by atoms with Gasteiger partial charge in [0.15, 0.2) is 5.78 Å². The van der Waals surface area contributed by atoms with Crippen LogP contribution in [0, 0.1) is 11.3 Å². The molecule has 5 heteroatoms. The van der Waals surface area contributed by atoms with E-state index in [9.17, 15) is 4.79 Å². The third kappa shape index (κ3) is 2.98. The van der Waals surface area contributed by atoms with Gasteiger partial charge in [-0.25, -0.2) is 0 Å². The molecule has 0 radical (unpaired) electrons. The second kappa shape index (κ2) is 6.39. The number of hydrogen-bond acceptors (Lipinski definition) is 3. The van der Waals surface area contributed by atoms with E-state index in [-0.39, 0.29) is 11.2 Å². The largest absolute Gasteiger partial charge is 0.316 e. The van der Waals surface area contributed by atoms with Crippen LogP contribution in [0.4, 0.5) is 0 Å². The van der Waals surface area contributed by atoms with Gasteiger partial charge in [-0.05, 0) is 54.2 Å². The summed E-state index contributed by atoms with van der Waals surface area (Å²) in [5.74, 6) is 0.588. The lowest BCUT2D eigenvalue weighted by Gasteiger charge is -2.36. The summed E-state index contributed by atoms with van der Waals surface area (Å²) in [4.78, 5) is 13.0. The Morgan fingerprint density at radius 3 is 2.95 bits per heavy atom. The fourth-order valence-electron chi connectivity index (χ4n) is 2.93. The number of nitrogens with zero attached hydrogens (tertiary/aromatic N) is 2. The van der Waals surface area contributed by atoms with E-state index >= 15 is 0 Å². The van der Waals surface area contributed by atoms with Crippen LogP contribution in [0.3, 0.4) is 0 Å². The highest BCUT2D eigenvalue weighted by Gasteiger charge is 2.39. The Morgan fingerprint density at radius 2 is 2.35 bits per heavy atom. The molecule has 0 amide bonds. The molecule has 2 rings (SSSR count). The van der Waals surface area contributed by atoms with Gasteiger partial charge in [0.05, 0.1) is 10.7 Å². The molecule has 1 aromatic heterocycles. The van der Waals surface area contributed by atoms with Gasteiger partial charge in [0.1, 0.15) is 5.69 Å². The van der Waals surface area contributed by atoms with E-state index in [0.717, 1.165) is 49.1 Å². The lowest BCUT2D eigenvalue weighted by Crippen LogP contribution is -2.43. The molecule has 1 aliphatic rings. The summed E-state index contributed by atoms with van der Waals surface area (Å²) in [5.41, 5.74) is 0.365. The van der Waals surface area contributed by atoms with Crippen LogP contribution in [0.25, 0.3) is 0 Å². The number of aromatic nitrogens is 2. The summed E-state index contributed by atoms with van der Waals surface area (Å²) in [5, 5.41) is 7.73. The van der Waals surface area contributed by atoms with Crippen molar-refractivity contribution in [1.29, 1.82) is 0 Å². The molecule has 1 atom stereocenters. The van der Waals surface area contributed by atoms with Crippen molar-refractivity contribution in [2.75, 3.05) is 13.1 Å². The van der Waals surface area contributed by atoms with Crippen molar-refractivity contribution >= 4 is 21.7 Å². The molecular weight excluding hydrogens is 318 g/mol. The van der Waals surface area contributed by atoms with Gasteiger partial charge in [0.2, 0.25) is 0 Å². The smallest absolute Gasteiger partial charge is 0.187 e. The number of nitrogens with one attached hydrogen (secondary N) is 1. The lowest BCUT2D eigenvalue weighted by atomic mass is 9.71. The normalized spacial score (nSPS) is 20.1. The number of rotatable bonds is 5. The van der Waals surface area contributed by atoms with Crippen LogP contribution in [0.15, 0.2) is 10.7 Å². The molecule has 0 aliphatic carbocycles. The number of Topliss-reactive ketones (excluding diaryl/α,β-unsaturated/α-hetero) is 1. The first-order valence-electron chi connectivity index (χ1n) is 7.45. The summed E-state index contributed by atoms with van der Waals surface area (Å²) in [6.07, 6.45) is 4.97. The van der Waals surface area contributed by atoms with E-state index in [2.05, 4.69) is 47.1 Å². The van der Waals surface area contributed by atoms with Gasteiger partial charge in [-0.3, -0.25) is 9.48 Å². The number of aryl methyl sites for hydroxylation is 1. The van der Waals surface area contributed by atoms with Gasteiger partial charge in [0, 0.05) is 12.0 Å². The van der Waals surface area contributed by atoms with Gasteiger partial charge in [0.25, 0.3) is 0 Å². The summed E-state index contributed by atoms with van der Waals surface area (Å²) in [7, 11) is 0. The number of piperidine rings is 1. The molecule has 0 bridgehead atoms. The zero-order valence-electron chi connectivity index (χ0n) is 12.6. The minimum absolute atomic E-state index is 0.198. The molecule has 1 aliphatic heterocycles. The minimum Gasteiger partial charge on any atom is -0.316 e. The predicted molar refractivity (Wildman–Crippen MR) is 83.9 cm³/mol. The molecule has 4 nitrogen and oxygen atoms in total. The molecule has 1 unspecified atom stereocenters. The Morgan fingerprint density at radius 1 is 1.60 bits per heavy atom. The number of ketones is 1. The molecule has 0 spiro atoms. The first-order chi connectivity index (χ1) is 9.48. The summed E-state index contributed by atoms with van der Waals surface area (Å²) >= 11 is 3.48. The SMILES string of the molecule is CCCn1ncc(Br)c1C(=O)C(C)(C)C1CCCNC1. The van der Waals surface area contributed by atoms with E-state index in [4.69, 9.17) is 0 Å². The van der Waals surface area contributed by atoms with E-state index in [1.807, 2.05) is 4.68 Å². The van der Waals surface area contributed by atoms with Crippen molar-refractivity contribution in [1.82, 2.24) is 15.1 Å². The Balaban J connectivity index is 2.27. The fraction of sp³-hybridized carbons (Fsp3) is 0.733. The maximum Gasteiger partial charge on any atom is 0.187 e. The van der Waals surface area contributed by atoms with Crippen LogP contribution >= 0.6 is 15.9 Å². The molecule has 1 aromatic rings.